The molecule has 0 saturated carbocycles. The van der Waals surface area contributed by atoms with E-state index in [-0.39, 0.29) is 37.1 Å². The molecule has 0 spiro atoms. The number of alkyl carbamates (subject to hydrolysis) is 1. The monoisotopic (exact) mass is 478 g/mol. The second kappa shape index (κ2) is 10.4. The van der Waals surface area contributed by atoms with Crippen molar-refractivity contribution in [1.29, 1.82) is 0 Å². The number of carbonyl (C=O) groups excluding carboxylic acids is 2. The second-order valence-electron chi connectivity index (χ2n) is 8.49. The van der Waals surface area contributed by atoms with Gasteiger partial charge in [-0.1, -0.05) is 53.7 Å². The third-order valence-corrected chi connectivity index (χ3v) is 5.71. The quantitative estimate of drug-likeness (QED) is 0.427. The van der Waals surface area contributed by atoms with Crippen molar-refractivity contribution in [2.75, 3.05) is 27.2 Å². The van der Waals surface area contributed by atoms with Crippen LogP contribution in [-0.4, -0.2) is 66.4 Å². The molecule has 1 aliphatic carbocycles. The Morgan fingerprint density at radius 3 is 2.29 bits per heavy atom. The van der Waals surface area contributed by atoms with E-state index in [2.05, 4.69) is 27.9 Å². The SMILES string of the molecule is CN(C)CC(NC(=O)OCC1c2ccccc2-c2ccccc21)C(=O)NCc1cc(C(=O)O)no1. The van der Waals surface area contributed by atoms with Gasteiger partial charge >= 0.3 is 12.1 Å². The highest BCUT2D eigenvalue weighted by Gasteiger charge is 2.30. The zero-order chi connectivity index (χ0) is 24.9. The molecule has 0 fully saturated rings. The Balaban J connectivity index is 1.37. The fraction of sp³-hybridized carbons (Fsp3) is 0.280. The lowest BCUT2D eigenvalue weighted by molar-refractivity contribution is -0.123. The zero-order valence-corrected chi connectivity index (χ0v) is 19.4. The number of hydrogen-bond acceptors (Lipinski definition) is 7. The van der Waals surface area contributed by atoms with Crippen LogP contribution in [-0.2, 0) is 16.1 Å². The molecule has 1 aliphatic rings. The number of nitrogens with one attached hydrogen (secondary N) is 2. The number of ether oxygens (including phenoxy) is 1. The smallest absolute Gasteiger partial charge is 0.407 e. The van der Waals surface area contributed by atoms with Crippen molar-refractivity contribution in [1.82, 2.24) is 20.7 Å². The molecule has 2 aromatic carbocycles. The Hall–Kier alpha value is -4.18. The number of amides is 2. The van der Waals surface area contributed by atoms with E-state index in [1.165, 1.54) is 6.07 Å². The number of rotatable bonds is 9. The van der Waals surface area contributed by atoms with Crippen LogP contribution >= 0.6 is 0 Å². The average Bonchev–Trinajstić information content (AvgIpc) is 3.44. The van der Waals surface area contributed by atoms with Crippen LogP contribution in [0.3, 0.4) is 0 Å². The van der Waals surface area contributed by atoms with E-state index in [9.17, 15) is 14.4 Å². The molecule has 0 saturated heterocycles. The minimum Gasteiger partial charge on any atom is -0.476 e. The van der Waals surface area contributed by atoms with Gasteiger partial charge in [-0.15, -0.1) is 0 Å². The number of likely N-dealkylation sites (N-methyl/N-ethyl adjacent to an activating group) is 1. The summed E-state index contributed by atoms with van der Waals surface area (Å²) in [7, 11) is 3.55. The van der Waals surface area contributed by atoms with Gasteiger partial charge in [0.25, 0.3) is 0 Å². The Labute approximate surface area is 201 Å². The number of hydrogen-bond donors (Lipinski definition) is 3. The molecule has 182 valence electrons. The molecule has 1 aromatic heterocycles. The summed E-state index contributed by atoms with van der Waals surface area (Å²) in [5.41, 5.74) is 4.19. The van der Waals surface area contributed by atoms with E-state index < -0.39 is 24.0 Å². The molecule has 0 aliphatic heterocycles. The predicted octanol–water partition coefficient (Wildman–Crippen LogP) is 2.46. The molecule has 10 nitrogen and oxygen atoms in total. The van der Waals surface area contributed by atoms with Crippen LogP contribution in [0.4, 0.5) is 4.79 Å². The maximum atomic E-state index is 12.7. The Morgan fingerprint density at radius 1 is 1.09 bits per heavy atom. The first kappa shape index (κ1) is 24.0. The maximum Gasteiger partial charge on any atom is 0.407 e. The van der Waals surface area contributed by atoms with Crippen molar-refractivity contribution < 1.29 is 28.8 Å². The van der Waals surface area contributed by atoms with Gasteiger partial charge in [0.1, 0.15) is 12.6 Å². The van der Waals surface area contributed by atoms with E-state index in [4.69, 9.17) is 14.4 Å². The average molecular weight is 479 g/mol. The topological polar surface area (TPSA) is 134 Å². The predicted molar refractivity (Wildman–Crippen MR) is 126 cm³/mol. The van der Waals surface area contributed by atoms with Gasteiger partial charge in [0, 0.05) is 18.5 Å². The number of aromatic carboxylic acids is 1. The number of aromatic nitrogens is 1. The van der Waals surface area contributed by atoms with Gasteiger partial charge in [-0.2, -0.15) is 0 Å². The van der Waals surface area contributed by atoms with Gasteiger partial charge in [0.15, 0.2) is 11.5 Å². The van der Waals surface area contributed by atoms with Crippen molar-refractivity contribution in [2.24, 2.45) is 0 Å². The van der Waals surface area contributed by atoms with Crippen LogP contribution in [0.25, 0.3) is 11.1 Å². The first-order valence-electron chi connectivity index (χ1n) is 11.1. The molecule has 0 bridgehead atoms. The number of carboxylic acids is 1. The first-order chi connectivity index (χ1) is 16.8. The van der Waals surface area contributed by atoms with Gasteiger partial charge in [-0.05, 0) is 36.3 Å². The highest BCUT2D eigenvalue weighted by molar-refractivity contribution is 5.86. The minimum absolute atomic E-state index is 0.0740. The van der Waals surface area contributed by atoms with E-state index >= 15 is 0 Å². The van der Waals surface area contributed by atoms with Gasteiger partial charge in [0.2, 0.25) is 5.91 Å². The normalized spacial score (nSPS) is 13.1. The fourth-order valence-corrected chi connectivity index (χ4v) is 4.14. The van der Waals surface area contributed by atoms with Gasteiger partial charge in [-0.25, -0.2) is 9.59 Å². The van der Waals surface area contributed by atoms with E-state index in [1.54, 1.807) is 19.0 Å². The molecule has 35 heavy (non-hydrogen) atoms. The van der Waals surface area contributed by atoms with Crippen LogP contribution in [0.15, 0.2) is 59.1 Å². The Bertz CT molecular complexity index is 1190. The fourth-order valence-electron chi connectivity index (χ4n) is 4.14. The van der Waals surface area contributed by atoms with Crippen LogP contribution in [0.1, 0.15) is 33.3 Å². The molecule has 1 atom stereocenters. The number of carbonyl (C=O) groups is 3. The molecular formula is C25H26N4O6. The summed E-state index contributed by atoms with van der Waals surface area (Å²) in [6, 6.07) is 16.4. The van der Waals surface area contributed by atoms with Crippen molar-refractivity contribution in [2.45, 2.75) is 18.5 Å². The molecule has 1 heterocycles. The summed E-state index contributed by atoms with van der Waals surface area (Å²) in [4.78, 5) is 38.1. The molecule has 10 heteroatoms. The third-order valence-electron chi connectivity index (χ3n) is 5.71. The molecule has 0 radical (unpaired) electrons. The minimum atomic E-state index is -1.23. The van der Waals surface area contributed by atoms with E-state index in [0.717, 1.165) is 22.3 Å². The molecule has 3 aromatic rings. The summed E-state index contributed by atoms with van der Waals surface area (Å²) < 4.78 is 10.5. The molecular weight excluding hydrogens is 452 g/mol. The van der Waals surface area contributed by atoms with E-state index in [0.29, 0.717) is 0 Å². The summed E-state index contributed by atoms with van der Waals surface area (Å²) in [6.45, 7) is 0.286. The van der Waals surface area contributed by atoms with Crippen molar-refractivity contribution in [3.63, 3.8) is 0 Å². The van der Waals surface area contributed by atoms with Gasteiger partial charge < -0.3 is 29.9 Å². The summed E-state index contributed by atoms with van der Waals surface area (Å²) in [5, 5.41) is 17.6. The third kappa shape index (κ3) is 5.49. The van der Waals surface area contributed by atoms with Crippen LogP contribution in [0.5, 0.6) is 0 Å². The number of fused-ring (bicyclic) bond motifs is 3. The lowest BCUT2D eigenvalue weighted by Gasteiger charge is -2.22. The largest absolute Gasteiger partial charge is 0.476 e. The second-order valence-corrected chi connectivity index (χ2v) is 8.49. The summed E-state index contributed by atoms with van der Waals surface area (Å²) in [6.07, 6.45) is -0.707. The first-order valence-corrected chi connectivity index (χ1v) is 11.1. The number of carboxylic acid groups (broad SMARTS) is 1. The van der Waals surface area contributed by atoms with Crippen LogP contribution in [0, 0.1) is 0 Å². The van der Waals surface area contributed by atoms with Crippen molar-refractivity contribution in [3.05, 3.63) is 77.2 Å². The van der Waals surface area contributed by atoms with Crippen molar-refractivity contribution in [3.8, 4) is 11.1 Å². The lowest BCUT2D eigenvalue weighted by Crippen LogP contribution is -2.51. The Morgan fingerprint density at radius 2 is 1.71 bits per heavy atom. The standard InChI is InChI=1S/C25H26N4O6/c1-29(2)13-22(23(30)26-12-15-11-21(24(31)32)28-35-15)27-25(33)34-14-20-18-9-5-3-7-16(18)17-8-4-6-10-19(17)20/h3-11,20,22H,12-14H2,1-2H3,(H,26,30)(H,27,33)(H,31,32). The van der Waals surface area contributed by atoms with Gasteiger partial charge in [0.05, 0.1) is 6.54 Å². The van der Waals surface area contributed by atoms with Crippen molar-refractivity contribution >= 4 is 18.0 Å². The highest BCUT2D eigenvalue weighted by atomic mass is 16.5. The molecule has 4 rings (SSSR count). The Kier molecular flexibility index (Phi) is 7.11. The van der Waals surface area contributed by atoms with Crippen LogP contribution < -0.4 is 10.6 Å². The summed E-state index contributed by atoms with van der Waals surface area (Å²) >= 11 is 0. The van der Waals surface area contributed by atoms with E-state index in [1.807, 2.05) is 36.4 Å². The zero-order valence-electron chi connectivity index (χ0n) is 19.4. The number of nitrogens with zero attached hydrogens (tertiary/aromatic N) is 2. The van der Waals surface area contributed by atoms with Gasteiger partial charge in [-0.3, -0.25) is 4.79 Å². The molecule has 2 amide bonds. The van der Waals surface area contributed by atoms with Crippen LogP contribution in [0.2, 0.25) is 0 Å². The lowest BCUT2D eigenvalue weighted by atomic mass is 9.98. The molecule has 1 unspecified atom stereocenters. The summed E-state index contributed by atoms with van der Waals surface area (Å²) in [5.74, 6) is -1.61. The number of benzene rings is 2. The highest BCUT2D eigenvalue weighted by Crippen LogP contribution is 2.44. The maximum absolute atomic E-state index is 12.7. The molecule has 3 N–H and O–H groups in total.